The van der Waals surface area contributed by atoms with Crippen LogP contribution in [0.2, 0.25) is 0 Å². The van der Waals surface area contributed by atoms with E-state index in [0.29, 0.717) is 24.3 Å². The van der Waals surface area contributed by atoms with Crippen LogP contribution >= 0.6 is 12.4 Å². The first kappa shape index (κ1) is 15.2. The Morgan fingerprint density at radius 3 is 2.69 bits per heavy atom. The van der Waals surface area contributed by atoms with Gasteiger partial charge in [-0.3, -0.25) is 0 Å². The molecule has 0 saturated heterocycles. The van der Waals surface area contributed by atoms with Crippen LogP contribution < -0.4 is 16.2 Å². The van der Waals surface area contributed by atoms with Crippen molar-refractivity contribution in [2.45, 2.75) is 18.9 Å². The van der Waals surface area contributed by atoms with Crippen molar-refractivity contribution in [1.29, 1.82) is 0 Å². The van der Waals surface area contributed by atoms with E-state index in [4.69, 9.17) is 16.2 Å². The predicted octanol–water partition coefficient (Wildman–Crippen LogP) is 1.99. The average Bonchev–Trinajstić information content (AvgIpc) is 2.26. The molecule has 4 N–H and O–H groups in total. The second-order valence-electron chi connectivity index (χ2n) is 3.42. The Labute approximate surface area is 101 Å². The van der Waals surface area contributed by atoms with E-state index in [-0.39, 0.29) is 24.3 Å². The second kappa shape index (κ2) is 7.44. The van der Waals surface area contributed by atoms with E-state index < -0.39 is 0 Å². The molecule has 5 heteroatoms. The molecule has 0 heterocycles. The van der Waals surface area contributed by atoms with Crippen molar-refractivity contribution in [2.24, 2.45) is 11.5 Å². The topological polar surface area (TPSA) is 61.3 Å². The van der Waals surface area contributed by atoms with Crippen molar-refractivity contribution < 1.29 is 9.13 Å². The Balaban J connectivity index is 0.00000225. The predicted molar refractivity (Wildman–Crippen MR) is 65.4 cm³/mol. The minimum Gasteiger partial charge on any atom is -0.497 e. The highest BCUT2D eigenvalue weighted by Gasteiger charge is 2.11. The zero-order valence-electron chi connectivity index (χ0n) is 9.28. The lowest BCUT2D eigenvalue weighted by Gasteiger charge is -2.13. The van der Waals surface area contributed by atoms with Crippen molar-refractivity contribution in [1.82, 2.24) is 0 Å². The Morgan fingerprint density at radius 1 is 1.44 bits per heavy atom. The van der Waals surface area contributed by atoms with Crippen LogP contribution in [0.4, 0.5) is 4.39 Å². The molecule has 0 unspecified atom stereocenters. The lowest BCUT2D eigenvalue weighted by Crippen LogP contribution is -2.14. The third-order valence-electron chi connectivity index (χ3n) is 2.32. The number of hydrogen-bond acceptors (Lipinski definition) is 3. The zero-order valence-corrected chi connectivity index (χ0v) is 10.1. The number of halogens is 2. The maximum atomic E-state index is 13.4. The summed E-state index contributed by atoms with van der Waals surface area (Å²) in [6.07, 6.45) is 1.47. The molecule has 0 radical (unpaired) electrons. The summed E-state index contributed by atoms with van der Waals surface area (Å²) >= 11 is 0. The molecular weight excluding hydrogens is 231 g/mol. The van der Waals surface area contributed by atoms with E-state index in [1.807, 2.05) is 0 Å². The molecule has 92 valence electrons. The number of benzene rings is 1. The van der Waals surface area contributed by atoms with Crippen LogP contribution in [0.3, 0.4) is 0 Å². The van der Waals surface area contributed by atoms with Gasteiger partial charge in [-0.25, -0.2) is 4.39 Å². The van der Waals surface area contributed by atoms with Gasteiger partial charge in [0.15, 0.2) is 0 Å². The van der Waals surface area contributed by atoms with E-state index in [2.05, 4.69) is 0 Å². The molecule has 0 spiro atoms. The van der Waals surface area contributed by atoms with Gasteiger partial charge in [0.25, 0.3) is 0 Å². The van der Waals surface area contributed by atoms with Gasteiger partial charge in [-0.15, -0.1) is 12.4 Å². The molecule has 0 saturated carbocycles. The first-order chi connectivity index (χ1) is 7.19. The zero-order chi connectivity index (χ0) is 11.3. The highest BCUT2D eigenvalue weighted by molar-refractivity contribution is 5.85. The summed E-state index contributed by atoms with van der Waals surface area (Å²) < 4.78 is 18.4. The second-order valence-corrected chi connectivity index (χ2v) is 3.42. The van der Waals surface area contributed by atoms with Gasteiger partial charge in [-0.1, -0.05) is 0 Å². The summed E-state index contributed by atoms with van der Waals surface area (Å²) in [5, 5.41) is 0. The van der Waals surface area contributed by atoms with E-state index >= 15 is 0 Å². The smallest absolute Gasteiger partial charge is 0.128 e. The van der Waals surface area contributed by atoms with Crippen LogP contribution in [-0.4, -0.2) is 13.7 Å². The largest absolute Gasteiger partial charge is 0.497 e. The van der Waals surface area contributed by atoms with Gasteiger partial charge in [0.2, 0.25) is 0 Å². The summed E-state index contributed by atoms with van der Waals surface area (Å²) in [6, 6.07) is 4.27. The molecule has 0 aliphatic heterocycles. The molecule has 0 fully saturated rings. The van der Waals surface area contributed by atoms with Gasteiger partial charge in [0, 0.05) is 11.6 Å². The number of methoxy groups -OCH3 is 1. The number of rotatable bonds is 5. The van der Waals surface area contributed by atoms with Crippen molar-refractivity contribution in [3.8, 4) is 5.75 Å². The van der Waals surface area contributed by atoms with Crippen LogP contribution in [0, 0.1) is 5.82 Å². The molecule has 1 rings (SSSR count). The average molecular weight is 249 g/mol. The molecule has 0 aromatic heterocycles. The van der Waals surface area contributed by atoms with Gasteiger partial charge < -0.3 is 16.2 Å². The van der Waals surface area contributed by atoms with Crippen LogP contribution in [0.5, 0.6) is 5.75 Å². The third kappa shape index (κ3) is 3.96. The SMILES string of the molecule is COc1ccc(F)c([C@@H](N)CCCN)c1.Cl. The molecule has 1 atom stereocenters. The van der Waals surface area contributed by atoms with Gasteiger partial charge in [0.1, 0.15) is 11.6 Å². The van der Waals surface area contributed by atoms with Crippen LogP contribution in [-0.2, 0) is 0 Å². The summed E-state index contributed by atoms with van der Waals surface area (Å²) in [5.41, 5.74) is 11.7. The van der Waals surface area contributed by atoms with Gasteiger partial charge in [0.05, 0.1) is 7.11 Å². The Kier molecular flexibility index (Phi) is 7.05. The summed E-state index contributed by atoms with van der Waals surface area (Å²) in [5.74, 6) is 0.329. The monoisotopic (exact) mass is 248 g/mol. The fraction of sp³-hybridized carbons (Fsp3) is 0.455. The van der Waals surface area contributed by atoms with Crippen molar-refractivity contribution >= 4 is 12.4 Å². The summed E-state index contributed by atoms with van der Waals surface area (Å²) in [7, 11) is 1.54. The molecule has 0 bridgehead atoms. The number of hydrogen-bond donors (Lipinski definition) is 2. The summed E-state index contributed by atoms with van der Waals surface area (Å²) in [6.45, 7) is 0.569. The highest BCUT2D eigenvalue weighted by Crippen LogP contribution is 2.23. The van der Waals surface area contributed by atoms with Crippen LogP contribution in [0.15, 0.2) is 18.2 Å². The van der Waals surface area contributed by atoms with Crippen LogP contribution in [0.25, 0.3) is 0 Å². The standard InChI is InChI=1S/C11H17FN2O.ClH/c1-15-8-4-5-10(12)9(7-8)11(14)3-2-6-13;/h4-5,7,11H,2-3,6,13-14H2,1H3;1H/t11-;/m0./s1. The lowest BCUT2D eigenvalue weighted by atomic mass is 10.0. The minimum atomic E-state index is -0.316. The fourth-order valence-corrected chi connectivity index (χ4v) is 1.43. The maximum absolute atomic E-state index is 13.4. The first-order valence-corrected chi connectivity index (χ1v) is 4.98. The molecule has 16 heavy (non-hydrogen) atoms. The molecular formula is C11H18ClFN2O. The Hall–Kier alpha value is -0.840. The molecule has 1 aromatic rings. The number of nitrogens with two attached hydrogens (primary N) is 2. The molecule has 0 aliphatic carbocycles. The normalized spacial score (nSPS) is 11.8. The highest BCUT2D eigenvalue weighted by atomic mass is 35.5. The van der Waals surface area contributed by atoms with Crippen molar-refractivity contribution in [3.63, 3.8) is 0 Å². The third-order valence-corrected chi connectivity index (χ3v) is 2.32. The van der Waals surface area contributed by atoms with E-state index in [1.165, 1.54) is 6.07 Å². The van der Waals surface area contributed by atoms with Crippen LogP contribution in [0.1, 0.15) is 24.4 Å². The van der Waals surface area contributed by atoms with E-state index in [0.717, 1.165) is 6.42 Å². The van der Waals surface area contributed by atoms with Crippen molar-refractivity contribution in [3.05, 3.63) is 29.6 Å². The maximum Gasteiger partial charge on any atom is 0.128 e. The molecule has 3 nitrogen and oxygen atoms in total. The fourth-order valence-electron chi connectivity index (χ4n) is 1.43. The number of ether oxygens (including phenoxy) is 1. The van der Waals surface area contributed by atoms with E-state index in [9.17, 15) is 4.39 Å². The summed E-state index contributed by atoms with van der Waals surface area (Å²) in [4.78, 5) is 0. The molecule has 0 amide bonds. The van der Waals surface area contributed by atoms with E-state index in [1.54, 1.807) is 19.2 Å². The minimum absolute atomic E-state index is 0. The van der Waals surface area contributed by atoms with Gasteiger partial charge in [-0.05, 0) is 37.6 Å². The molecule has 0 aliphatic rings. The lowest BCUT2D eigenvalue weighted by molar-refractivity contribution is 0.411. The Bertz CT molecular complexity index is 323. The molecule has 1 aromatic carbocycles. The first-order valence-electron chi connectivity index (χ1n) is 4.98. The van der Waals surface area contributed by atoms with Crippen molar-refractivity contribution in [2.75, 3.05) is 13.7 Å². The van der Waals surface area contributed by atoms with Gasteiger partial charge in [-0.2, -0.15) is 0 Å². The quantitative estimate of drug-likeness (QED) is 0.838. The van der Waals surface area contributed by atoms with Gasteiger partial charge >= 0.3 is 0 Å². The Morgan fingerprint density at radius 2 is 2.12 bits per heavy atom.